The van der Waals surface area contributed by atoms with E-state index in [2.05, 4.69) is 9.97 Å². The Kier molecular flexibility index (Phi) is 4.24. The van der Waals surface area contributed by atoms with Gasteiger partial charge in [0.1, 0.15) is 5.82 Å². The molecule has 2 amide bonds. The van der Waals surface area contributed by atoms with E-state index in [1.807, 2.05) is 12.1 Å². The minimum atomic E-state index is -0.482. The lowest BCUT2D eigenvalue weighted by atomic mass is 10.0. The first kappa shape index (κ1) is 15.7. The Morgan fingerprint density at radius 2 is 2.00 bits per heavy atom. The van der Waals surface area contributed by atoms with Crippen LogP contribution in [0.5, 0.6) is 0 Å². The van der Waals surface area contributed by atoms with E-state index in [4.69, 9.17) is 16.9 Å². The number of aryl methyl sites for hydroxylation is 1. The molecule has 0 aliphatic carbocycles. The Balaban J connectivity index is 2.00. The summed E-state index contributed by atoms with van der Waals surface area (Å²) in [6.07, 6.45) is 9.45. The fraction of sp³-hybridized carbons (Fsp3) is 0.176. The molecule has 122 valence electrons. The van der Waals surface area contributed by atoms with E-state index in [0.717, 1.165) is 41.3 Å². The highest BCUT2D eigenvalue weighted by Crippen LogP contribution is 2.29. The van der Waals surface area contributed by atoms with E-state index >= 15 is 0 Å². The fourth-order valence-electron chi connectivity index (χ4n) is 2.78. The molecule has 3 rings (SSSR count). The molecular weight excluding hydrogens is 304 g/mol. The summed E-state index contributed by atoms with van der Waals surface area (Å²) in [7, 11) is 0. The summed E-state index contributed by atoms with van der Waals surface area (Å²) in [5.74, 6) is 0.629. The molecule has 1 aliphatic rings. The lowest BCUT2D eigenvalue weighted by Crippen LogP contribution is -2.40. The monoisotopic (exact) mass is 322 g/mol. The number of fused-ring (bicyclic) bond motifs is 1. The second kappa shape index (κ2) is 6.49. The molecular formula is C17H18N6O. The molecule has 0 unspecified atom stereocenters. The highest BCUT2D eigenvalue weighted by atomic mass is 16.2. The largest absolute Gasteiger partial charge is 0.398 e. The predicted molar refractivity (Wildman–Crippen MR) is 93.7 cm³/mol. The van der Waals surface area contributed by atoms with Crippen LogP contribution >= 0.6 is 0 Å². The van der Waals surface area contributed by atoms with Gasteiger partial charge in [0.2, 0.25) is 0 Å². The van der Waals surface area contributed by atoms with Crippen LogP contribution in [0.25, 0.3) is 16.8 Å². The van der Waals surface area contributed by atoms with Gasteiger partial charge < -0.3 is 16.9 Å². The number of pyridine rings is 2. The molecule has 7 heteroatoms. The van der Waals surface area contributed by atoms with Gasteiger partial charge in [0, 0.05) is 53.7 Å². The predicted octanol–water partition coefficient (Wildman–Crippen LogP) is 1.92. The summed E-state index contributed by atoms with van der Waals surface area (Å²) in [6.45, 7) is 0.594. The zero-order chi connectivity index (χ0) is 17.1. The van der Waals surface area contributed by atoms with Crippen molar-refractivity contribution >= 4 is 23.8 Å². The first-order chi connectivity index (χ1) is 11.6. The van der Waals surface area contributed by atoms with Gasteiger partial charge in [0.25, 0.3) is 0 Å². The van der Waals surface area contributed by atoms with Crippen molar-refractivity contribution in [2.24, 2.45) is 11.5 Å². The van der Waals surface area contributed by atoms with Gasteiger partial charge in [0.15, 0.2) is 0 Å². The lowest BCUT2D eigenvalue weighted by molar-refractivity contribution is 0.253. The molecule has 3 heterocycles. The maximum atomic E-state index is 11.5. The first-order valence-corrected chi connectivity index (χ1v) is 7.58. The molecule has 24 heavy (non-hydrogen) atoms. The van der Waals surface area contributed by atoms with Crippen LogP contribution in [0, 0.1) is 5.41 Å². The summed E-state index contributed by atoms with van der Waals surface area (Å²) < 4.78 is 0. The molecule has 2 aromatic heterocycles. The average Bonchev–Trinajstić information content (AvgIpc) is 2.61. The molecule has 0 spiro atoms. The minimum Gasteiger partial charge on any atom is -0.398 e. The van der Waals surface area contributed by atoms with Crippen molar-refractivity contribution in [1.82, 2.24) is 9.97 Å². The summed E-state index contributed by atoms with van der Waals surface area (Å²) in [5, 5.41) is 7.10. The van der Waals surface area contributed by atoms with Gasteiger partial charge in [-0.1, -0.05) is 0 Å². The third-order valence-electron chi connectivity index (χ3n) is 3.96. The Bertz CT molecular complexity index is 830. The molecule has 7 nitrogen and oxygen atoms in total. The van der Waals surface area contributed by atoms with Gasteiger partial charge in [-0.3, -0.25) is 9.88 Å². The van der Waals surface area contributed by atoms with Crippen LogP contribution in [0.2, 0.25) is 0 Å². The number of hydrogen-bond acceptors (Lipinski definition) is 5. The van der Waals surface area contributed by atoms with E-state index in [-0.39, 0.29) is 0 Å². The van der Waals surface area contributed by atoms with Crippen LogP contribution in [-0.2, 0) is 6.42 Å². The van der Waals surface area contributed by atoms with Crippen molar-refractivity contribution in [2.75, 3.05) is 11.4 Å². The van der Waals surface area contributed by atoms with Gasteiger partial charge in [-0.25, -0.2) is 9.78 Å². The number of carbonyl (C=O) groups is 1. The molecule has 0 bridgehead atoms. The topological polar surface area (TPSA) is 122 Å². The third-order valence-corrected chi connectivity index (χ3v) is 3.96. The van der Waals surface area contributed by atoms with Crippen LogP contribution in [0.3, 0.4) is 0 Å². The molecule has 1 aliphatic heterocycles. The van der Waals surface area contributed by atoms with Crippen LogP contribution in [0.1, 0.15) is 17.5 Å². The molecule has 0 aromatic carbocycles. The van der Waals surface area contributed by atoms with Gasteiger partial charge in [-0.2, -0.15) is 0 Å². The number of anilines is 1. The number of carbonyl (C=O) groups excluding carboxylic acids is 1. The molecule has 2 aromatic rings. The van der Waals surface area contributed by atoms with Crippen molar-refractivity contribution < 1.29 is 4.79 Å². The third kappa shape index (κ3) is 2.96. The maximum absolute atomic E-state index is 11.5. The fourth-order valence-corrected chi connectivity index (χ4v) is 2.78. The number of primary amides is 1. The minimum absolute atomic E-state index is 0.477. The maximum Gasteiger partial charge on any atom is 0.320 e. The van der Waals surface area contributed by atoms with Crippen molar-refractivity contribution in [3.63, 3.8) is 0 Å². The Morgan fingerprint density at radius 1 is 1.21 bits per heavy atom. The van der Waals surface area contributed by atoms with Crippen LogP contribution in [0.15, 0.2) is 36.8 Å². The summed E-state index contributed by atoms with van der Waals surface area (Å²) >= 11 is 0. The van der Waals surface area contributed by atoms with E-state index in [0.29, 0.717) is 18.1 Å². The van der Waals surface area contributed by atoms with E-state index in [1.165, 1.54) is 11.0 Å². The Morgan fingerprint density at radius 3 is 2.75 bits per heavy atom. The van der Waals surface area contributed by atoms with Crippen LogP contribution < -0.4 is 16.4 Å². The molecule has 0 saturated carbocycles. The van der Waals surface area contributed by atoms with Crippen LogP contribution in [0.4, 0.5) is 10.6 Å². The number of amides is 2. The van der Waals surface area contributed by atoms with Gasteiger partial charge >= 0.3 is 6.03 Å². The molecule has 0 radical (unpaired) electrons. The Labute approximate surface area is 139 Å². The quantitative estimate of drug-likeness (QED) is 0.747. The normalized spacial score (nSPS) is 14.2. The number of urea groups is 1. The molecule has 0 atom stereocenters. The second-order valence-electron chi connectivity index (χ2n) is 5.55. The first-order valence-electron chi connectivity index (χ1n) is 7.58. The molecule has 0 fully saturated rings. The molecule has 5 N–H and O–H groups in total. The van der Waals surface area contributed by atoms with E-state index in [9.17, 15) is 4.79 Å². The standard InChI is InChI=1S/C17H18N6O/c18-4-3-15(19)14-7-12(8-21-9-14)13-6-11-2-1-5-23(17(20)24)16(11)22-10-13/h3-4,6-10,18H,1-2,5,19H2,(H2,20,24). The van der Waals surface area contributed by atoms with Crippen molar-refractivity contribution in [3.8, 4) is 11.1 Å². The van der Waals surface area contributed by atoms with E-state index in [1.54, 1.807) is 18.6 Å². The smallest absolute Gasteiger partial charge is 0.320 e. The number of allylic oxidation sites excluding steroid dienone is 1. The van der Waals surface area contributed by atoms with E-state index < -0.39 is 6.03 Å². The number of nitrogens with two attached hydrogens (primary N) is 2. The van der Waals surface area contributed by atoms with Gasteiger partial charge in [0.05, 0.1) is 0 Å². The van der Waals surface area contributed by atoms with Gasteiger partial charge in [-0.15, -0.1) is 0 Å². The summed E-state index contributed by atoms with van der Waals surface area (Å²) in [6, 6.07) is 3.43. The number of aromatic nitrogens is 2. The number of nitrogens with zero attached hydrogens (tertiary/aromatic N) is 3. The average molecular weight is 322 g/mol. The molecule has 0 saturated heterocycles. The van der Waals surface area contributed by atoms with Crippen molar-refractivity contribution in [1.29, 1.82) is 5.41 Å². The van der Waals surface area contributed by atoms with Crippen molar-refractivity contribution in [2.45, 2.75) is 12.8 Å². The number of rotatable bonds is 3. The van der Waals surface area contributed by atoms with Gasteiger partial charge in [-0.05, 0) is 36.6 Å². The second-order valence-corrected chi connectivity index (χ2v) is 5.55. The zero-order valence-electron chi connectivity index (χ0n) is 13.1. The zero-order valence-corrected chi connectivity index (χ0v) is 13.1. The summed E-state index contributed by atoms with van der Waals surface area (Å²) in [4.78, 5) is 21.7. The van der Waals surface area contributed by atoms with Crippen molar-refractivity contribution in [3.05, 3.63) is 47.9 Å². The highest BCUT2D eigenvalue weighted by molar-refractivity contribution is 5.91. The highest BCUT2D eigenvalue weighted by Gasteiger charge is 2.22. The number of nitrogens with one attached hydrogen (secondary N) is 1. The number of hydrogen-bond donors (Lipinski definition) is 3. The Hall–Kier alpha value is -3.22. The SMILES string of the molecule is N=CC=C(N)c1cncc(-c2cnc3c(c2)CCCN3C(N)=O)c1. The lowest BCUT2D eigenvalue weighted by Gasteiger charge is -2.26. The summed E-state index contributed by atoms with van der Waals surface area (Å²) in [5.41, 5.74) is 15.3. The van der Waals surface area contributed by atoms with Crippen LogP contribution in [-0.4, -0.2) is 28.8 Å².